The van der Waals surface area contributed by atoms with Crippen molar-refractivity contribution in [3.8, 4) is 0 Å². The van der Waals surface area contributed by atoms with Crippen LogP contribution < -0.4 is 0 Å². The predicted octanol–water partition coefficient (Wildman–Crippen LogP) is 1.36. The van der Waals surface area contributed by atoms with Gasteiger partial charge in [-0.2, -0.15) is 0 Å². The van der Waals surface area contributed by atoms with Gasteiger partial charge in [-0.25, -0.2) is 0 Å². The average Bonchev–Trinajstić information content (AvgIpc) is 2.73. The molecule has 1 aliphatic carbocycles. The van der Waals surface area contributed by atoms with Crippen LogP contribution in [0.5, 0.6) is 0 Å². The fraction of sp³-hybridized carbons (Fsp3) is 0.714. The lowest BCUT2D eigenvalue weighted by atomic mass is 9.88. The van der Waals surface area contributed by atoms with E-state index < -0.39 is 0 Å². The highest BCUT2D eigenvalue weighted by molar-refractivity contribution is 5.94. The summed E-state index contributed by atoms with van der Waals surface area (Å²) in [4.78, 5) is 22.1. The second-order valence-electron chi connectivity index (χ2n) is 8.31. The van der Waals surface area contributed by atoms with Crippen molar-refractivity contribution >= 4 is 5.91 Å². The molecule has 1 aromatic heterocycles. The molecule has 2 fully saturated rings. The van der Waals surface area contributed by atoms with E-state index in [9.17, 15) is 9.90 Å². The molecule has 148 valence electrons. The van der Waals surface area contributed by atoms with Gasteiger partial charge < -0.3 is 14.7 Å². The van der Waals surface area contributed by atoms with Crippen LogP contribution in [0.1, 0.15) is 40.9 Å². The number of aliphatic hydroxyl groups excluding tert-OH is 1. The van der Waals surface area contributed by atoms with Gasteiger partial charge in [-0.1, -0.05) is 0 Å². The van der Waals surface area contributed by atoms with Crippen molar-refractivity contribution in [3.05, 3.63) is 29.1 Å². The van der Waals surface area contributed by atoms with Gasteiger partial charge in [0.1, 0.15) is 0 Å². The van der Waals surface area contributed by atoms with Crippen LogP contribution in [0, 0.1) is 11.8 Å². The number of carbonyl (C=O) groups is 1. The highest BCUT2D eigenvalue weighted by atomic mass is 16.5. The number of rotatable bonds is 4. The number of hydrogen-bond acceptors (Lipinski definition) is 5. The number of carbonyl (C=O) groups excluding carboxylic acids is 1. The number of amides is 1. The summed E-state index contributed by atoms with van der Waals surface area (Å²) in [6, 6.07) is 2.06. The molecular weight excluding hydrogens is 342 g/mol. The summed E-state index contributed by atoms with van der Waals surface area (Å²) in [5, 5.41) is 9.76. The van der Waals surface area contributed by atoms with Gasteiger partial charge in [-0.3, -0.25) is 14.7 Å². The highest BCUT2D eigenvalue weighted by Gasteiger charge is 2.32. The van der Waals surface area contributed by atoms with Crippen LogP contribution >= 0.6 is 0 Å². The molecule has 3 heterocycles. The average molecular weight is 373 g/mol. The largest absolute Gasteiger partial charge is 0.396 e. The van der Waals surface area contributed by atoms with Crippen LogP contribution in [0.3, 0.4) is 0 Å². The lowest BCUT2D eigenvalue weighted by Gasteiger charge is -2.40. The van der Waals surface area contributed by atoms with E-state index in [0.29, 0.717) is 18.0 Å². The van der Waals surface area contributed by atoms with Crippen LogP contribution in [0.2, 0.25) is 0 Å². The molecule has 1 N–H and O–H groups in total. The van der Waals surface area contributed by atoms with E-state index in [4.69, 9.17) is 4.74 Å². The van der Waals surface area contributed by atoms with Gasteiger partial charge in [0.25, 0.3) is 5.91 Å². The molecule has 0 radical (unpaired) electrons. The van der Waals surface area contributed by atoms with Crippen molar-refractivity contribution in [1.82, 2.24) is 14.8 Å². The minimum Gasteiger partial charge on any atom is -0.396 e. The number of pyridine rings is 1. The Morgan fingerprint density at radius 3 is 2.78 bits per heavy atom. The molecule has 2 aliphatic heterocycles. The molecule has 3 aliphatic rings. The van der Waals surface area contributed by atoms with Crippen LogP contribution in [0.25, 0.3) is 0 Å². The van der Waals surface area contributed by atoms with E-state index >= 15 is 0 Å². The van der Waals surface area contributed by atoms with Gasteiger partial charge in [0, 0.05) is 51.2 Å². The molecule has 0 aromatic carbocycles. The van der Waals surface area contributed by atoms with Gasteiger partial charge in [-0.05, 0) is 55.6 Å². The second-order valence-corrected chi connectivity index (χ2v) is 8.31. The van der Waals surface area contributed by atoms with Gasteiger partial charge >= 0.3 is 0 Å². The Bertz CT molecular complexity index is 660. The molecule has 2 saturated heterocycles. The SMILES string of the molecule is O=C(c1cnc2c(c1)CCCC2)N1C[C@H](CO)C[C@H](CN2CCOCC2)C1. The van der Waals surface area contributed by atoms with Gasteiger partial charge in [0.15, 0.2) is 0 Å². The fourth-order valence-electron chi connectivity index (χ4n) is 4.79. The Morgan fingerprint density at radius 2 is 1.96 bits per heavy atom. The van der Waals surface area contributed by atoms with Crippen LogP contribution in [-0.2, 0) is 17.6 Å². The molecular formula is C21H31N3O3. The molecule has 0 spiro atoms. The minimum atomic E-state index is 0.0704. The molecule has 27 heavy (non-hydrogen) atoms. The predicted molar refractivity (Wildman–Crippen MR) is 103 cm³/mol. The number of aryl methyl sites for hydroxylation is 2. The zero-order valence-electron chi connectivity index (χ0n) is 16.1. The molecule has 1 aromatic rings. The van der Waals surface area contributed by atoms with E-state index in [1.165, 1.54) is 18.4 Å². The van der Waals surface area contributed by atoms with Crippen molar-refractivity contribution in [2.45, 2.75) is 32.1 Å². The van der Waals surface area contributed by atoms with Crippen LogP contribution in [-0.4, -0.2) is 78.3 Å². The summed E-state index contributed by atoms with van der Waals surface area (Å²) in [5.74, 6) is 0.642. The number of likely N-dealkylation sites (tertiary alicyclic amines) is 1. The molecule has 6 heteroatoms. The van der Waals surface area contributed by atoms with E-state index in [2.05, 4.69) is 16.0 Å². The summed E-state index contributed by atoms with van der Waals surface area (Å²) < 4.78 is 5.44. The van der Waals surface area contributed by atoms with Crippen molar-refractivity contribution in [2.24, 2.45) is 11.8 Å². The topological polar surface area (TPSA) is 65.9 Å². The zero-order chi connectivity index (χ0) is 18.6. The van der Waals surface area contributed by atoms with E-state index in [-0.39, 0.29) is 18.4 Å². The Labute approximate surface area is 161 Å². The van der Waals surface area contributed by atoms with Crippen LogP contribution in [0.15, 0.2) is 12.3 Å². The Morgan fingerprint density at radius 1 is 1.19 bits per heavy atom. The highest BCUT2D eigenvalue weighted by Crippen LogP contribution is 2.26. The number of piperidine rings is 1. The summed E-state index contributed by atoms with van der Waals surface area (Å²) in [6.07, 6.45) is 7.18. The van der Waals surface area contributed by atoms with Gasteiger partial charge in [0.05, 0.1) is 18.8 Å². The summed E-state index contributed by atoms with van der Waals surface area (Å²) in [5.41, 5.74) is 3.11. The zero-order valence-corrected chi connectivity index (χ0v) is 16.1. The molecule has 0 saturated carbocycles. The maximum absolute atomic E-state index is 13.2. The molecule has 0 bridgehead atoms. The third-order valence-corrected chi connectivity index (χ3v) is 6.21. The summed E-state index contributed by atoms with van der Waals surface area (Å²) in [7, 11) is 0. The van der Waals surface area contributed by atoms with Crippen molar-refractivity contribution in [2.75, 3.05) is 52.5 Å². The number of fused-ring (bicyclic) bond motifs is 1. The third kappa shape index (κ3) is 4.50. The monoisotopic (exact) mass is 373 g/mol. The van der Waals surface area contributed by atoms with E-state index in [1.54, 1.807) is 6.20 Å². The number of ether oxygens (including phenoxy) is 1. The quantitative estimate of drug-likeness (QED) is 0.863. The normalized spacial score (nSPS) is 26.6. The maximum Gasteiger partial charge on any atom is 0.255 e. The van der Waals surface area contributed by atoms with Crippen molar-refractivity contribution < 1.29 is 14.6 Å². The Balaban J connectivity index is 1.45. The van der Waals surface area contributed by atoms with Crippen molar-refractivity contribution in [3.63, 3.8) is 0 Å². The van der Waals surface area contributed by atoms with Crippen LogP contribution in [0.4, 0.5) is 0 Å². The van der Waals surface area contributed by atoms with E-state index in [0.717, 1.165) is 64.3 Å². The lowest BCUT2D eigenvalue weighted by molar-refractivity contribution is 0.0130. The van der Waals surface area contributed by atoms with Gasteiger partial charge in [-0.15, -0.1) is 0 Å². The van der Waals surface area contributed by atoms with Crippen molar-refractivity contribution in [1.29, 1.82) is 0 Å². The first kappa shape index (κ1) is 18.8. The first-order valence-electron chi connectivity index (χ1n) is 10.4. The third-order valence-electron chi connectivity index (χ3n) is 6.21. The fourth-order valence-corrected chi connectivity index (χ4v) is 4.79. The van der Waals surface area contributed by atoms with Gasteiger partial charge in [0.2, 0.25) is 0 Å². The second kappa shape index (κ2) is 8.67. The standard InChI is InChI=1S/C21H31N3O3/c25-15-17-9-16(12-23-5-7-27-8-6-23)13-24(14-17)21(26)19-10-18-3-1-2-4-20(18)22-11-19/h10-11,16-17,25H,1-9,12-15H2/t16-,17-/m1/s1. The molecule has 1 amide bonds. The molecule has 2 atom stereocenters. The number of hydrogen-bond donors (Lipinski definition) is 1. The molecule has 0 unspecified atom stereocenters. The summed E-state index contributed by atoms with van der Waals surface area (Å²) in [6.45, 7) is 6.04. The number of aromatic nitrogens is 1. The summed E-state index contributed by atoms with van der Waals surface area (Å²) >= 11 is 0. The number of aliphatic hydroxyl groups is 1. The minimum absolute atomic E-state index is 0.0704. The number of nitrogens with zero attached hydrogens (tertiary/aromatic N) is 3. The molecule has 6 nitrogen and oxygen atoms in total. The molecule has 4 rings (SSSR count). The lowest BCUT2D eigenvalue weighted by Crippen LogP contribution is -2.49. The first-order valence-corrected chi connectivity index (χ1v) is 10.4. The first-order chi connectivity index (χ1) is 13.2. The Kier molecular flexibility index (Phi) is 6.05. The smallest absolute Gasteiger partial charge is 0.255 e. The Hall–Kier alpha value is -1.50. The maximum atomic E-state index is 13.2. The van der Waals surface area contributed by atoms with E-state index in [1.807, 2.05) is 4.90 Å². The number of morpholine rings is 1.